The highest BCUT2D eigenvalue weighted by atomic mass is 16.3. The van der Waals surface area contributed by atoms with Crippen molar-refractivity contribution in [1.82, 2.24) is 0 Å². The molecule has 0 radical (unpaired) electrons. The fourth-order valence-electron chi connectivity index (χ4n) is 8.30. The largest absolute Gasteiger partial charge is 0.508 e. The Balaban J connectivity index is 1.70. The summed E-state index contributed by atoms with van der Waals surface area (Å²) in [6.45, 7) is 10.5. The van der Waals surface area contributed by atoms with E-state index >= 15 is 0 Å². The van der Waals surface area contributed by atoms with Crippen molar-refractivity contribution in [2.45, 2.75) is 91.6 Å². The average Bonchev–Trinajstić information content (AvgIpc) is 2.86. The maximum Gasteiger partial charge on any atom is 0.203 e. The number of carbonyl (C=O) groups excluding carboxylic acids is 3. The molecule has 0 heterocycles. The third-order valence-corrected chi connectivity index (χ3v) is 11.3. The van der Waals surface area contributed by atoms with Gasteiger partial charge in [0, 0.05) is 22.8 Å². The Hall–Kier alpha value is -2.93. The summed E-state index contributed by atoms with van der Waals surface area (Å²) >= 11 is 0. The van der Waals surface area contributed by atoms with Crippen LogP contribution in [-0.2, 0) is 20.8 Å². The molecule has 5 rings (SSSR count). The van der Waals surface area contributed by atoms with E-state index in [1.54, 1.807) is 6.92 Å². The standard InChI is InChI=1S/C32H40O7/c1-15-7-9-19(10-8-15)13-20-11-12-21-16(2)31(6)18(4)30(5)14-22(34)23(17(3)33)28(37)32(30,39)29(38)25(31)27(36)24(21)26(20)35/h11-12,15-16,18-19,35-37,39H,7-10,13-14H2,1-6H3/t15?,16-,18+,19?,30+,31-,32-/m1/s1. The van der Waals surface area contributed by atoms with E-state index in [1.165, 1.54) is 0 Å². The first-order valence-electron chi connectivity index (χ1n) is 14.2. The molecule has 4 N–H and O–H groups in total. The molecule has 0 unspecified atom stereocenters. The molecule has 2 saturated carbocycles. The van der Waals surface area contributed by atoms with Gasteiger partial charge in [0.15, 0.2) is 17.2 Å². The van der Waals surface area contributed by atoms with Crippen LogP contribution in [-0.4, -0.2) is 43.4 Å². The minimum Gasteiger partial charge on any atom is -0.508 e. The molecular formula is C32H40O7. The number of phenolic OH excluding ortho intramolecular Hbond substituents is 1. The number of fused-ring (bicyclic) bond motifs is 3. The molecule has 39 heavy (non-hydrogen) atoms. The number of carbonyl (C=O) groups is 3. The minimum absolute atomic E-state index is 0.0613. The van der Waals surface area contributed by atoms with Gasteiger partial charge in [-0.1, -0.05) is 59.6 Å². The van der Waals surface area contributed by atoms with E-state index in [2.05, 4.69) is 6.92 Å². The third-order valence-electron chi connectivity index (χ3n) is 11.3. The van der Waals surface area contributed by atoms with Gasteiger partial charge in [0.2, 0.25) is 5.78 Å². The number of Topliss-reactive ketones (excluding diaryl/α,β-unsaturated/α-hetero) is 3. The number of hydrogen-bond acceptors (Lipinski definition) is 7. The smallest absolute Gasteiger partial charge is 0.203 e. The number of aliphatic hydroxyl groups is 3. The summed E-state index contributed by atoms with van der Waals surface area (Å²) in [4.78, 5) is 39.6. The second-order valence-corrected chi connectivity index (χ2v) is 13.2. The van der Waals surface area contributed by atoms with Crippen LogP contribution in [0.15, 0.2) is 29.0 Å². The molecule has 2 fully saturated rings. The first-order chi connectivity index (χ1) is 18.1. The second kappa shape index (κ2) is 8.79. The van der Waals surface area contributed by atoms with E-state index in [0.717, 1.165) is 32.6 Å². The number of rotatable bonds is 3. The molecule has 210 valence electrons. The highest BCUT2D eigenvalue weighted by Crippen LogP contribution is 2.68. The maximum absolute atomic E-state index is 14.3. The molecule has 0 bridgehead atoms. The number of benzene rings is 1. The van der Waals surface area contributed by atoms with Crippen LogP contribution < -0.4 is 0 Å². The van der Waals surface area contributed by atoms with Crippen LogP contribution in [0.1, 0.15) is 96.3 Å². The summed E-state index contributed by atoms with van der Waals surface area (Å²) in [7, 11) is 0. The van der Waals surface area contributed by atoms with Crippen molar-refractivity contribution in [2.75, 3.05) is 0 Å². The predicted molar refractivity (Wildman–Crippen MR) is 146 cm³/mol. The van der Waals surface area contributed by atoms with Gasteiger partial charge in [-0.2, -0.15) is 0 Å². The minimum atomic E-state index is -2.58. The van der Waals surface area contributed by atoms with Crippen LogP contribution in [0.3, 0.4) is 0 Å². The lowest BCUT2D eigenvalue weighted by atomic mass is 9.41. The fourth-order valence-corrected chi connectivity index (χ4v) is 8.30. The van der Waals surface area contributed by atoms with Crippen molar-refractivity contribution in [2.24, 2.45) is 28.6 Å². The van der Waals surface area contributed by atoms with E-state index in [4.69, 9.17) is 0 Å². The van der Waals surface area contributed by atoms with Crippen molar-refractivity contribution in [3.63, 3.8) is 0 Å². The van der Waals surface area contributed by atoms with Crippen molar-refractivity contribution in [3.8, 4) is 5.75 Å². The number of phenols is 1. The molecule has 4 aliphatic rings. The van der Waals surface area contributed by atoms with Crippen LogP contribution in [0.25, 0.3) is 5.76 Å². The lowest BCUT2D eigenvalue weighted by Gasteiger charge is -2.62. The lowest BCUT2D eigenvalue weighted by molar-refractivity contribution is -0.178. The van der Waals surface area contributed by atoms with Gasteiger partial charge in [0.1, 0.15) is 22.8 Å². The highest BCUT2D eigenvalue weighted by Gasteiger charge is 2.72. The Kier molecular flexibility index (Phi) is 6.22. The monoisotopic (exact) mass is 536 g/mol. The Morgan fingerprint density at radius 2 is 1.62 bits per heavy atom. The Morgan fingerprint density at radius 3 is 2.21 bits per heavy atom. The van der Waals surface area contributed by atoms with Gasteiger partial charge in [-0.3, -0.25) is 14.4 Å². The van der Waals surface area contributed by atoms with E-state index in [1.807, 2.05) is 32.9 Å². The summed E-state index contributed by atoms with van der Waals surface area (Å²) in [5.41, 5.74) is -4.11. The predicted octanol–water partition coefficient (Wildman–Crippen LogP) is 5.48. The molecule has 0 aliphatic heterocycles. The second-order valence-electron chi connectivity index (χ2n) is 13.2. The molecule has 7 nitrogen and oxygen atoms in total. The van der Waals surface area contributed by atoms with E-state index < -0.39 is 56.8 Å². The normalized spacial score (nSPS) is 38.3. The van der Waals surface area contributed by atoms with Crippen molar-refractivity contribution in [1.29, 1.82) is 0 Å². The highest BCUT2D eigenvalue weighted by molar-refractivity contribution is 6.23. The summed E-state index contributed by atoms with van der Waals surface area (Å²) in [5.74, 6) is -3.54. The van der Waals surface area contributed by atoms with Crippen LogP contribution in [0.5, 0.6) is 5.75 Å². The topological polar surface area (TPSA) is 132 Å². The first kappa shape index (κ1) is 27.6. The molecule has 1 aromatic carbocycles. The van der Waals surface area contributed by atoms with Crippen LogP contribution >= 0.6 is 0 Å². The van der Waals surface area contributed by atoms with Gasteiger partial charge < -0.3 is 20.4 Å². The average molecular weight is 537 g/mol. The van der Waals surface area contributed by atoms with Crippen molar-refractivity contribution in [3.05, 3.63) is 45.7 Å². The molecule has 0 spiro atoms. The van der Waals surface area contributed by atoms with Gasteiger partial charge in [-0.25, -0.2) is 0 Å². The first-order valence-corrected chi connectivity index (χ1v) is 14.2. The van der Waals surface area contributed by atoms with Gasteiger partial charge in [0.05, 0.1) is 5.56 Å². The van der Waals surface area contributed by atoms with E-state index in [9.17, 15) is 34.8 Å². The summed E-state index contributed by atoms with van der Waals surface area (Å²) in [6, 6.07) is 3.83. The molecule has 4 aliphatic carbocycles. The number of ketones is 3. The number of aliphatic hydroxyl groups excluding tert-OH is 2. The number of aromatic hydroxyl groups is 1. The maximum atomic E-state index is 14.3. The molecule has 5 atom stereocenters. The van der Waals surface area contributed by atoms with Crippen molar-refractivity contribution < 1.29 is 34.8 Å². The molecule has 0 amide bonds. The zero-order chi connectivity index (χ0) is 28.8. The fraction of sp³-hybridized carbons (Fsp3) is 0.594. The van der Waals surface area contributed by atoms with Crippen LogP contribution in [0, 0.1) is 28.6 Å². The third kappa shape index (κ3) is 3.41. The number of allylic oxidation sites excluding steroid dienone is 1. The SMILES string of the molecule is CC(=O)C1=C(O)[C@@]2(O)C(=O)C3=C(O)c4c(ccc(CC5CCC(C)CC5)c4O)[C@@H](C)[C@]3(C)[C@@H](C)[C@]2(C)CC1=O. The van der Waals surface area contributed by atoms with Gasteiger partial charge in [0.25, 0.3) is 0 Å². The summed E-state index contributed by atoms with van der Waals surface area (Å²) in [6.07, 6.45) is 4.80. The van der Waals surface area contributed by atoms with Gasteiger partial charge in [-0.15, -0.1) is 0 Å². The zero-order valence-electron chi connectivity index (χ0n) is 23.7. The Morgan fingerprint density at radius 1 is 1.00 bits per heavy atom. The summed E-state index contributed by atoms with van der Waals surface area (Å²) < 4.78 is 0. The van der Waals surface area contributed by atoms with E-state index in [0.29, 0.717) is 29.4 Å². The molecule has 1 aromatic rings. The zero-order valence-corrected chi connectivity index (χ0v) is 23.7. The van der Waals surface area contributed by atoms with Crippen molar-refractivity contribution >= 4 is 23.1 Å². The van der Waals surface area contributed by atoms with Gasteiger partial charge in [-0.05, 0) is 61.0 Å². The van der Waals surface area contributed by atoms with Gasteiger partial charge >= 0.3 is 0 Å². The molecule has 7 heteroatoms. The van der Waals surface area contributed by atoms with Crippen LogP contribution in [0.2, 0.25) is 0 Å². The van der Waals surface area contributed by atoms with E-state index in [-0.39, 0.29) is 29.2 Å². The quantitative estimate of drug-likeness (QED) is 0.376. The lowest BCUT2D eigenvalue weighted by Crippen LogP contribution is -2.69. The number of hydrogen-bond donors (Lipinski definition) is 4. The Bertz CT molecular complexity index is 1360. The molecular weight excluding hydrogens is 496 g/mol. The molecule has 0 saturated heterocycles. The molecule has 0 aromatic heterocycles. The Labute approximate surface area is 229 Å². The summed E-state index contributed by atoms with van der Waals surface area (Å²) in [5, 5.41) is 46.3. The van der Waals surface area contributed by atoms with Crippen LogP contribution in [0.4, 0.5) is 0 Å².